The molecule has 0 saturated heterocycles. The van der Waals surface area contributed by atoms with E-state index in [1.54, 1.807) is 16.8 Å². The summed E-state index contributed by atoms with van der Waals surface area (Å²) in [4.78, 5) is 3.96. The third-order valence-corrected chi connectivity index (χ3v) is 4.50. The maximum Gasteiger partial charge on any atom is 0.184 e. The van der Waals surface area contributed by atoms with Crippen LogP contribution < -0.4 is 0 Å². The molecule has 0 saturated carbocycles. The Morgan fingerprint density at radius 3 is 2.77 bits per heavy atom. The third-order valence-electron chi connectivity index (χ3n) is 4.27. The van der Waals surface area contributed by atoms with Gasteiger partial charge in [0.2, 0.25) is 0 Å². The van der Waals surface area contributed by atoms with E-state index in [0.29, 0.717) is 17.0 Å². The molecule has 0 bridgehead atoms. The molecule has 0 unspecified atom stereocenters. The van der Waals surface area contributed by atoms with E-state index < -0.39 is 11.6 Å². The number of hydrogen-bond donors (Lipinski definition) is 0. The number of benzene rings is 2. The van der Waals surface area contributed by atoms with Crippen LogP contribution in [-0.4, -0.2) is 14.8 Å². The molecule has 3 nitrogen and oxygen atoms in total. The van der Waals surface area contributed by atoms with Gasteiger partial charge in [-0.2, -0.15) is 5.10 Å². The van der Waals surface area contributed by atoms with Crippen molar-refractivity contribution in [1.82, 2.24) is 14.8 Å². The van der Waals surface area contributed by atoms with Crippen LogP contribution in [0.15, 0.2) is 54.9 Å². The van der Waals surface area contributed by atoms with E-state index in [2.05, 4.69) is 10.1 Å². The highest BCUT2D eigenvalue weighted by Crippen LogP contribution is 2.26. The van der Waals surface area contributed by atoms with Crippen LogP contribution >= 0.6 is 11.6 Å². The lowest BCUT2D eigenvalue weighted by Crippen LogP contribution is -2.02. The van der Waals surface area contributed by atoms with Gasteiger partial charge in [-0.15, -0.1) is 0 Å². The molecule has 4 aromatic rings. The van der Waals surface area contributed by atoms with E-state index in [1.807, 2.05) is 37.4 Å². The van der Waals surface area contributed by atoms with Crippen LogP contribution in [0, 0.1) is 18.6 Å². The van der Waals surface area contributed by atoms with Gasteiger partial charge in [0.1, 0.15) is 5.52 Å². The summed E-state index contributed by atoms with van der Waals surface area (Å²) in [5.41, 5.74) is 3.61. The molecule has 6 heteroatoms. The van der Waals surface area contributed by atoms with Gasteiger partial charge < -0.3 is 0 Å². The Kier molecular flexibility index (Phi) is 4.17. The monoisotopic (exact) mass is 369 g/mol. The van der Waals surface area contributed by atoms with Crippen LogP contribution in [0.5, 0.6) is 0 Å². The van der Waals surface area contributed by atoms with Gasteiger partial charge in [0.05, 0.1) is 12.2 Å². The van der Waals surface area contributed by atoms with E-state index >= 15 is 0 Å². The van der Waals surface area contributed by atoms with Crippen LogP contribution in [0.4, 0.5) is 8.78 Å². The minimum absolute atomic E-state index is 0.0291. The summed E-state index contributed by atoms with van der Waals surface area (Å²) in [6.45, 7) is 2.39. The molecular weight excluding hydrogens is 356 g/mol. The van der Waals surface area contributed by atoms with E-state index in [0.717, 1.165) is 28.5 Å². The molecule has 0 aliphatic rings. The van der Waals surface area contributed by atoms with Crippen molar-refractivity contribution >= 4 is 22.5 Å². The van der Waals surface area contributed by atoms with Gasteiger partial charge in [-0.1, -0.05) is 23.7 Å². The van der Waals surface area contributed by atoms with Gasteiger partial charge >= 0.3 is 0 Å². The molecule has 0 spiro atoms. The highest BCUT2D eigenvalue weighted by atomic mass is 35.5. The van der Waals surface area contributed by atoms with E-state index in [9.17, 15) is 8.78 Å². The molecule has 2 aromatic carbocycles. The number of nitrogens with zero attached hydrogens (tertiary/aromatic N) is 3. The Bertz CT molecular complexity index is 1120. The number of pyridine rings is 1. The fourth-order valence-corrected chi connectivity index (χ4v) is 3.24. The minimum atomic E-state index is -0.930. The van der Waals surface area contributed by atoms with Gasteiger partial charge in [-0.3, -0.25) is 9.67 Å². The molecule has 0 aliphatic heterocycles. The molecule has 2 heterocycles. The van der Waals surface area contributed by atoms with Gasteiger partial charge in [-0.05, 0) is 48.4 Å². The summed E-state index contributed by atoms with van der Waals surface area (Å²) in [5, 5.41) is 5.85. The summed E-state index contributed by atoms with van der Waals surface area (Å²) >= 11 is 6.07. The maximum atomic E-state index is 14.0. The first kappa shape index (κ1) is 16.7. The van der Waals surface area contributed by atoms with Crippen LogP contribution in [0.3, 0.4) is 0 Å². The Labute approximate surface area is 153 Å². The molecule has 0 fully saturated rings. The van der Waals surface area contributed by atoms with E-state index in [1.165, 1.54) is 6.20 Å². The highest BCUT2D eigenvalue weighted by molar-refractivity contribution is 6.30. The lowest BCUT2D eigenvalue weighted by molar-refractivity contribution is 0.515. The zero-order chi connectivity index (χ0) is 18.3. The molecule has 0 aliphatic carbocycles. The smallest absolute Gasteiger partial charge is 0.184 e. The number of rotatable bonds is 3. The fraction of sp³-hybridized carbons (Fsp3) is 0.100. The quantitative estimate of drug-likeness (QED) is 0.485. The van der Waals surface area contributed by atoms with E-state index in [4.69, 9.17) is 11.6 Å². The van der Waals surface area contributed by atoms with Gasteiger partial charge in [0.25, 0.3) is 0 Å². The van der Waals surface area contributed by atoms with Crippen LogP contribution in [0.1, 0.15) is 11.1 Å². The zero-order valence-corrected chi connectivity index (χ0v) is 14.6. The lowest BCUT2D eigenvalue weighted by atomic mass is 10.1. The molecular formula is C20H14ClF2N3. The minimum Gasteiger partial charge on any atom is -0.267 e. The topological polar surface area (TPSA) is 30.7 Å². The molecule has 0 N–H and O–H groups in total. The van der Waals surface area contributed by atoms with Crippen molar-refractivity contribution in [3.8, 4) is 11.3 Å². The Morgan fingerprint density at radius 1 is 1.12 bits per heavy atom. The van der Waals surface area contributed by atoms with Crippen molar-refractivity contribution in [2.45, 2.75) is 13.5 Å². The highest BCUT2D eigenvalue weighted by Gasteiger charge is 2.13. The average Bonchev–Trinajstić information content (AvgIpc) is 2.99. The zero-order valence-electron chi connectivity index (χ0n) is 13.9. The van der Waals surface area contributed by atoms with Crippen molar-refractivity contribution in [2.24, 2.45) is 0 Å². The van der Waals surface area contributed by atoms with Crippen LogP contribution in [0.2, 0.25) is 5.02 Å². The Morgan fingerprint density at radius 2 is 1.96 bits per heavy atom. The first-order valence-electron chi connectivity index (χ1n) is 8.04. The number of fused-ring (bicyclic) bond motifs is 1. The normalized spacial score (nSPS) is 11.2. The number of hydrogen-bond acceptors (Lipinski definition) is 2. The molecule has 4 rings (SSSR count). The fourth-order valence-electron chi connectivity index (χ4n) is 3.05. The van der Waals surface area contributed by atoms with Gasteiger partial charge in [-0.25, -0.2) is 8.78 Å². The second kappa shape index (κ2) is 6.50. The SMILES string of the molecule is Cc1cn(Cc2ccnc3c(F)c(F)ccc23)nc1-c1cccc(Cl)c1. The Hall–Kier alpha value is -2.79. The largest absolute Gasteiger partial charge is 0.267 e. The summed E-state index contributed by atoms with van der Waals surface area (Å²) in [6.07, 6.45) is 3.40. The summed E-state index contributed by atoms with van der Waals surface area (Å²) in [7, 11) is 0. The van der Waals surface area contributed by atoms with E-state index in [-0.39, 0.29) is 5.52 Å². The average molecular weight is 370 g/mol. The summed E-state index contributed by atoms with van der Waals surface area (Å²) < 4.78 is 29.2. The molecule has 0 amide bonds. The maximum absolute atomic E-state index is 14.0. The number of halogens is 3. The second-order valence-electron chi connectivity index (χ2n) is 6.10. The molecule has 2 aromatic heterocycles. The van der Waals surface area contributed by atoms with Gasteiger partial charge in [0.15, 0.2) is 11.6 Å². The van der Waals surface area contributed by atoms with Crippen LogP contribution in [-0.2, 0) is 6.54 Å². The third kappa shape index (κ3) is 2.95. The molecule has 130 valence electrons. The van der Waals surface area contributed by atoms with Crippen molar-refractivity contribution in [3.05, 3.63) is 82.6 Å². The van der Waals surface area contributed by atoms with Crippen molar-refractivity contribution < 1.29 is 8.78 Å². The molecule has 0 radical (unpaired) electrons. The summed E-state index contributed by atoms with van der Waals surface area (Å²) in [6, 6.07) is 12.0. The molecule has 0 atom stereocenters. The number of aromatic nitrogens is 3. The Balaban J connectivity index is 1.74. The first-order valence-corrected chi connectivity index (χ1v) is 8.42. The van der Waals surface area contributed by atoms with Gasteiger partial charge in [0, 0.05) is 28.4 Å². The van der Waals surface area contributed by atoms with Crippen LogP contribution in [0.25, 0.3) is 22.2 Å². The standard InChI is InChI=1S/C20H14ClF2N3/c1-12-10-26(25-19(12)13-3-2-4-15(21)9-13)11-14-7-8-24-20-16(14)5-6-17(22)18(20)23/h2-10H,11H2,1H3. The predicted octanol–water partition coefficient (Wildman–Crippen LogP) is 5.39. The lowest BCUT2D eigenvalue weighted by Gasteiger charge is -2.07. The summed E-state index contributed by atoms with van der Waals surface area (Å²) in [5.74, 6) is -1.83. The van der Waals surface area contributed by atoms with Crippen molar-refractivity contribution in [3.63, 3.8) is 0 Å². The van der Waals surface area contributed by atoms with Crippen molar-refractivity contribution in [1.29, 1.82) is 0 Å². The van der Waals surface area contributed by atoms with Crippen molar-refractivity contribution in [2.75, 3.05) is 0 Å². The molecule has 26 heavy (non-hydrogen) atoms. The first-order chi connectivity index (χ1) is 12.5. The second-order valence-corrected chi connectivity index (χ2v) is 6.53. The number of aryl methyl sites for hydroxylation is 1. The predicted molar refractivity (Wildman–Crippen MR) is 98.2 cm³/mol.